The van der Waals surface area contributed by atoms with E-state index in [0.29, 0.717) is 10.5 Å². The number of thioether (sulfide) groups is 1. The molecule has 3 heterocycles. The van der Waals surface area contributed by atoms with Crippen molar-refractivity contribution in [3.8, 4) is 17.0 Å². The lowest BCUT2D eigenvalue weighted by Gasteiger charge is -2.13. The van der Waals surface area contributed by atoms with Crippen LogP contribution < -0.4 is 10.1 Å². The lowest BCUT2D eigenvalue weighted by atomic mass is 10.1. The minimum atomic E-state index is -3.07. The number of alkyl halides is 2. The van der Waals surface area contributed by atoms with Gasteiger partial charge in [-0.2, -0.15) is 19.0 Å². The molecule has 0 bridgehead atoms. The van der Waals surface area contributed by atoms with Gasteiger partial charge in [-0.25, -0.2) is 9.50 Å². The number of amides is 1. The van der Waals surface area contributed by atoms with Crippen molar-refractivity contribution >= 4 is 35.0 Å². The first-order chi connectivity index (χ1) is 16.0. The Bertz CT molecular complexity index is 1310. The SMILES string of the molecule is COC(=O)CSc1ccc(OC(F)F)c(-c2[nH]ncc2NC(=O)c2cnn3cccnc23)c1. The van der Waals surface area contributed by atoms with Gasteiger partial charge in [-0.05, 0) is 24.3 Å². The van der Waals surface area contributed by atoms with Crippen molar-refractivity contribution < 1.29 is 27.8 Å². The Morgan fingerprint density at radius 3 is 2.94 bits per heavy atom. The molecule has 0 aliphatic heterocycles. The van der Waals surface area contributed by atoms with Gasteiger partial charge in [-0.3, -0.25) is 14.7 Å². The third-order valence-electron chi connectivity index (χ3n) is 4.43. The molecule has 170 valence electrons. The minimum absolute atomic E-state index is 0.0271. The molecule has 0 unspecified atom stereocenters. The van der Waals surface area contributed by atoms with Crippen LogP contribution in [0.3, 0.4) is 0 Å². The number of fused-ring (bicyclic) bond motifs is 1. The number of aromatic amines is 1. The highest BCUT2D eigenvalue weighted by atomic mass is 32.2. The van der Waals surface area contributed by atoms with Crippen molar-refractivity contribution in [2.45, 2.75) is 11.5 Å². The second kappa shape index (κ2) is 9.65. The fourth-order valence-electron chi connectivity index (χ4n) is 2.96. The number of esters is 1. The molecule has 0 saturated heterocycles. The molecule has 10 nitrogen and oxygen atoms in total. The van der Waals surface area contributed by atoms with Gasteiger partial charge in [-0.15, -0.1) is 11.8 Å². The van der Waals surface area contributed by atoms with Gasteiger partial charge in [0.15, 0.2) is 5.65 Å². The van der Waals surface area contributed by atoms with Gasteiger partial charge < -0.3 is 14.8 Å². The summed E-state index contributed by atoms with van der Waals surface area (Å²) in [6, 6.07) is 6.10. The van der Waals surface area contributed by atoms with Crippen LogP contribution in [0.25, 0.3) is 16.9 Å². The topological polar surface area (TPSA) is 124 Å². The van der Waals surface area contributed by atoms with Crippen LogP contribution in [0.4, 0.5) is 14.5 Å². The van der Waals surface area contributed by atoms with Crippen molar-refractivity contribution in [3.05, 3.63) is 54.6 Å². The maximum absolute atomic E-state index is 13.0. The molecule has 0 radical (unpaired) electrons. The van der Waals surface area contributed by atoms with Gasteiger partial charge in [0.25, 0.3) is 5.91 Å². The molecule has 4 rings (SSSR count). The molecule has 0 saturated carbocycles. The number of nitrogens with one attached hydrogen (secondary N) is 2. The Hall–Kier alpha value is -4.00. The quantitative estimate of drug-likeness (QED) is 0.295. The zero-order valence-electron chi connectivity index (χ0n) is 17.0. The number of aromatic nitrogens is 5. The normalized spacial score (nSPS) is 11.0. The second-order valence-corrected chi connectivity index (χ2v) is 7.51. The smallest absolute Gasteiger partial charge is 0.387 e. The Morgan fingerprint density at radius 2 is 2.15 bits per heavy atom. The summed E-state index contributed by atoms with van der Waals surface area (Å²) in [5.74, 6) is -1.06. The zero-order valence-corrected chi connectivity index (χ0v) is 17.8. The molecular weight excluding hydrogens is 458 g/mol. The lowest BCUT2D eigenvalue weighted by molar-refractivity contribution is -0.137. The maximum atomic E-state index is 13.0. The van der Waals surface area contributed by atoms with Gasteiger partial charge in [-0.1, -0.05) is 0 Å². The molecule has 2 N–H and O–H groups in total. The van der Waals surface area contributed by atoms with E-state index >= 15 is 0 Å². The summed E-state index contributed by atoms with van der Waals surface area (Å²) in [7, 11) is 1.27. The van der Waals surface area contributed by atoms with Crippen LogP contribution in [-0.2, 0) is 9.53 Å². The van der Waals surface area contributed by atoms with Crippen LogP contribution >= 0.6 is 11.8 Å². The highest BCUT2D eigenvalue weighted by Gasteiger charge is 2.20. The number of anilines is 1. The standard InChI is InChI=1S/C20H16F2N6O4S/c1-31-16(29)10-33-11-3-4-15(32-20(21)22)12(7-11)17-14(9-24-27-17)26-19(30)13-8-25-28-6-2-5-23-18(13)28/h2-9,20H,10H2,1H3,(H,24,27)(H,26,30). The van der Waals surface area contributed by atoms with E-state index in [1.165, 1.54) is 42.3 Å². The third-order valence-corrected chi connectivity index (χ3v) is 5.40. The van der Waals surface area contributed by atoms with Crippen molar-refractivity contribution in [3.63, 3.8) is 0 Å². The van der Waals surface area contributed by atoms with Gasteiger partial charge >= 0.3 is 12.6 Å². The monoisotopic (exact) mass is 474 g/mol. The third kappa shape index (κ3) is 4.92. The summed E-state index contributed by atoms with van der Waals surface area (Å²) in [5.41, 5.74) is 1.25. The summed E-state index contributed by atoms with van der Waals surface area (Å²) in [6.07, 6.45) is 5.88. The summed E-state index contributed by atoms with van der Waals surface area (Å²) < 4.78 is 36.7. The number of hydrogen-bond acceptors (Lipinski definition) is 8. The number of carbonyl (C=O) groups is 2. The Kier molecular flexibility index (Phi) is 6.49. The van der Waals surface area contributed by atoms with Gasteiger partial charge in [0.1, 0.15) is 11.3 Å². The van der Waals surface area contributed by atoms with E-state index in [9.17, 15) is 18.4 Å². The van der Waals surface area contributed by atoms with Crippen LogP contribution in [0.15, 0.2) is 53.9 Å². The average Bonchev–Trinajstić information content (AvgIpc) is 3.44. The largest absolute Gasteiger partial charge is 0.468 e. The van der Waals surface area contributed by atoms with Crippen LogP contribution in [-0.4, -0.2) is 56.1 Å². The Morgan fingerprint density at radius 1 is 1.30 bits per heavy atom. The van der Waals surface area contributed by atoms with Gasteiger partial charge in [0.05, 0.1) is 36.6 Å². The number of H-pyrrole nitrogens is 1. The van der Waals surface area contributed by atoms with Gasteiger partial charge in [0.2, 0.25) is 0 Å². The van der Waals surface area contributed by atoms with E-state index in [1.807, 2.05) is 0 Å². The number of hydrogen-bond donors (Lipinski definition) is 2. The van der Waals surface area contributed by atoms with Crippen LogP contribution in [0.1, 0.15) is 10.4 Å². The molecule has 1 aromatic carbocycles. The van der Waals surface area contributed by atoms with Crippen molar-refractivity contribution in [2.75, 3.05) is 18.2 Å². The van der Waals surface area contributed by atoms with Crippen molar-refractivity contribution in [1.29, 1.82) is 0 Å². The summed E-state index contributed by atoms with van der Waals surface area (Å²) in [5, 5.41) is 13.4. The number of benzene rings is 1. The molecular formula is C20H16F2N6O4S. The first kappa shape index (κ1) is 22.2. The summed E-state index contributed by atoms with van der Waals surface area (Å²) in [4.78, 5) is 29.0. The van der Waals surface area contributed by atoms with Crippen molar-refractivity contribution in [1.82, 2.24) is 24.8 Å². The second-order valence-electron chi connectivity index (χ2n) is 6.46. The average molecular weight is 474 g/mol. The first-order valence-corrected chi connectivity index (χ1v) is 10.4. The van der Waals surface area contributed by atoms with E-state index in [4.69, 9.17) is 0 Å². The molecule has 0 aliphatic carbocycles. The zero-order chi connectivity index (χ0) is 23.4. The van der Waals surface area contributed by atoms with Crippen LogP contribution in [0.5, 0.6) is 5.75 Å². The number of rotatable bonds is 8. The van der Waals surface area contributed by atoms with E-state index in [0.717, 1.165) is 11.8 Å². The van der Waals surface area contributed by atoms with E-state index in [-0.39, 0.29) is 34.0 Å². The van der Waals surface area contributed by atoms with Crippen LogP contribution in [0.2, 0.25) is 0 Å². The Balaban J connectivity index is 1.65. The maximum Gasteiger partial charge on any atom is 0.387 e. The van der Waals surface area contributed by atoms with E-state index in [2.05, 4.69) is 35.1 Å². The highest BCUT2D eigenvalue weighted by molar-refractivity contribution is 8.00. The van der Waals surface area contributed by atoms with E-state index in [1.54, 1.807) is 18.3 Å². The molecule has 0 aliphatic rings. The summed E-state index contributed by atoms with van der Waals surface area (Å²) >= 11 is 1.15. The Labute approximate surface area is 189 Å². The molecule has 4 aromatic rings. The van der Waals surface area contributed by atoms with E-state index < -0.39 is 18.5 Å². The molecule has 0 spiro atoms. The number of methoxy groups -OCH3 is 1. The molecule has 3 aromatic heterocycles. The fourth-order valence-corrected chi connectivity index (χ4v) is 3.73. The summed E-state index contributed by atoms with van der Waals surface area (Å²) in [6.45, 7) is -3.07. The van der Waals surface area contributed by atoms with Crippen molar-refractivity contribution in [2.24, 2.45) is 0 Å². The predicted molar refractivity (Wildman–Crippen MR) is 114 cm³/mol. The van der Waals surface area contributed by atoms with Gasteiger partial charge in [0, 0.05) is 22.9 Å². The molecule has 0 atom stereocenters. The van der Waals surface area contributed by atoms with Crippen LogP contribution in [0, 0.1) is 0 Å². The number of nitrogens with zero attached hydrogens (tertiary/aromatic N) is 4. The first-order valence-electron chi connectivity index (χ1n) is 9.38. The predicted octanol–water partition coefficient (Wildman–Crippen LogP) is 3.24. The highest BCUT2D eigenvalue weighted by Crippen LogP contribution is 2.37. The fraction of sp³-hybridized carbons (Fsp3) is 0.150. The molecule has 0 fully saturated rings. The number of halogens is 2. The molecule has 1 amide bonds. The number of carbonyl (C=O) groups excluding carboxylic acids is 2. The minimum Gasteiger partial charge on any atom is -0.468 e. The molecule has 13 heteroatoms. The lowest BCUT2D eigenvalue weighted by Crippen LogP contribution is -2.12. The molecule has 33 heavy (non-hydrogen) atoms. The number of ether oxygens (including phenoxy) is 2.